The van der Waals surface area contributed by atoms with Gasteiger partial charge in [0.2, 0.25) is 0 Å². The number of fused-ring (bicyclic) bond motifs is 1. The summed E-state index contributed by atoms with van der Waals surface area (Å²) >= 11 is 9.68. The summed E-state index contributed by atoms with van der Waals surface area (Å²) in [4.78, 5) is 4.43. The lowest BCUT2D eigenvalue weighted by molar-refractivity contribution is 1.40. The summed E-state index contributed by atoms with van der Waals surface area (Å²) in [5, 5.41) is 1.64. The van der Waals surface area contributed by atoms with Crippen molar-refractivity contribution in [3.05, 3.63) is 64.2 Å². The van der Waals surface area contributed by atoms with Crippen molar-refractivity contribution >= 4 is 38.4 Å². The van der Waals surface area contributed by atoms with Crippen molar-refractivity contribution in [2.75, 3.05) is 0 Å². The highest BCUT2D eigenvalue weighted by Crippen LogP contribution is 2.30. The topological polar surface area (TPSA) is 12.9 Å². The Hall–Kier alpha value is -1.38. The van der Waals surface area contributed by atoms with Gasteiger partial charge in [0.15, 0.2) is 0 Å². The van der Waals surface area contributed by atoms with Crippen molar-refractivity contribution in [2.24, 2.45) is 0 Å². The minimum atomic E-state index is 0.538. The van der Waals surface area contributed by atoms with E-state index in [-0.39, 0.29) is 0 Å². The molecule has 0 aliphatic carbocycles. The smallest absolute Gasteiger partial charge is 0.137 e. The van der Waals surface area contributed by atoms with E-state index >= 15 is 0 Å². The second kappa shape index (κ2) is 4.71. The molecule has 1 heterocycles. The van der Waals surface area contributed by atoms with Gasteiger partial charge < -0.3 is 0 Å². The predicted molar refractivity (Wildman–Crippen MR) is 79.9 cm³/mol. The average Bonchev–Trinajstić information content (AvgIpc) is 2.39. The van der Waals surface area contributed by atoms with Crippen LogP contribution < -0.4 is 0 Å². The van der Waals surface area contributed by atoms with Crippen LogP contribution in [-0.4, -0.2) is 4.98 Å². The summed E-state index contributed by atoms with van der Waals surface area (Å²) in [6.07, 6.45) is 0. The summed E-state index contributed by atoms with van der Waals surface area (Å²) < 4.78 is 1.05. The van der Waals surface area contributed by atoms with Crippen LogP contribution in [0.3, 0.4) is 0 Å². The van der Waals surface area contributed by atoms with Crippen LogP contribution in [0.25, 0.3) is 22.0 Å². The molecule has 1 nitrogen and oxygen atoms in total. The highest BCUT2D eigenvalue weighted by atomic mass is 79.9. The molecule has 3 rings (SSSR count). The summed E-state index contributed by atoms with van der Waals surface area (Å²) in [6, 6.07) is 18.1. The first kappa shape index (κ1) is 11.7. The number of hydrogen-bond donors (Lipinski definition) is 0. The monoisotopic (exact) mass is 317 g/mol. The molecule has 1 aromatic heterocycles. The molecule has 18 heavy (non-hydrogen) atoms. The van der Waals surface area contributed by atoms with E-state index < -0.39 is 0 Å². The fourth-order valence-electron chi connectivity index (χ4n) is 1.92. The van der Waals surface area contributed by atoms with Gasteiger partial charge in [-0.3, -0.25) is 0 Å². The number of para-hydroxylation sites is 1. The third kappa shape index (κ3) is 2.14. The largest absolute Gasteiger partial charge is 0.235 e. The van der Waals surface area contributed by atoms with Gasteiger partial charge in [-0.25, -0.2) is 4.98 Å². The fraction of sp³-hybridized carbons (Fsp3) is 0. The van der Waals surface area contributed by atoms with Crippen LogP contribution in [0.1, 0.15) is 0 Å². The quantitative estimate of drug-likeness (QED) is 0.553. The highest BCUT2D eigenvalue weighted by Gasteiger charge is 2.06. The predicted octanol–water partition coefficient (Wildman–Crippen LogP) is 5.32. The number of benzene rings is 2. The van der Waals surface area contributed by atoms with Gasteiger partial charge in [-0.2, -0.15) is 0 Å². The summed E-state index contributed by atoms with van der Waals surface area (Å²) in [7, 11) is 0. The normalized spacial score (nSPS) is 10.8. The van der Waals surface area contributed by atoms with Gasteiger partial charge in [0.05, 0.1) is 5.52 Å². The maximum Gasteiger partial charge on any atom is 0.137 e. The molecule has 0 saturated carbocycles. The maximum atomic E-state index is 6.25. The number of halogens is 2. The minimum Gasteiger partial charge on any atom is -0.235 e. The highest BCUT2D eigenvalue weighted by molar-refractivity contribution is 9.10. The Bertz CT molecular complexity index is 707. The van der Waals surface area contributed by atoms with Crippen molar-refractivity contribution < 1.29 is 0 Å². The van der Waals surface area contributed by atoms with Crippen molar-refractivity contribution in [2.45, 2.75) is 0 Å². The third-order valence-corrected chi connectivity index (χ3v) is 3.65. The molecule has 0 aliphatic rings. The Balaban J connectivity index is 2.22. The van der Waals surface area contributed by atoms with E-state index in [1.165, 1.54) is 0 Å². The van der Waals surface area contributed by atoms with E-state index in [0.717, 1.165) is 26.5 Å². The van der Waals surface area contributed by atoms with E-state index in [0.29, 0.717) is 5.15 Å². The lowest BCUT2D eigenvalue weighted by Crippen LogP contribution is -1.85. The molecule has 0 bridgehead atoms. The van der Waals surface area contributed by atoms with Crippen LogP contribution in [0.4, 0.5) is 0 Å². The average molecular weight is 319 g/mol. The van der Waals surface area contributed by atoms with Gasteiger partial charge in [-0.15, -0.1) is 0 Å². The molecule has 0 amide bonds. The SMILES string of the molecule is Clc1nc2ccccc2cc1-c1ccc(Br)cc1. The molecule has 0 N–H and O–H groups in total. The second-order valence-electron chi connectivity index (χ2n) is 4.03. The zero-order chi connectivity index (χ0) is 12.5. The molecule has 0 saturated heterocycles. The zero-order valence-corrected chi connectivity index (χ0v) is 11.7. The molecule has 0 aliphatic heterocycles. The Kier molecular flexibility index (Phi) is 3.06. The van der Waals surface area contributed by atoms with Crippen molar-refractivity contribution in [3.8, 4) is 11.1 Å². The van der Waals surface area contributed by atoms with E-state index in [9.17, 15) is 0 Å². The van der Waals surface area contributed by atoms with Crippen LogP contribution in [0, 0.1) is 0 Å². The Morgan fingerprint density at radius 3 is 2.44 bits per heavy atom. The number of aromatic nitrogens is 1. The first-order chi connectivity index (χ1) is 8.74. The van der Waals surface area contributed by atoms with Crippen molar-refractivity contribution in [3.63, 3.8) is 0 Å². The van der Waals surface area contributed by atoms with E-state index in [4.69, 9.17) is 11.6 Å². The number of nitrogens with zero attached hydrogens (tertiary/aromatic N) is 1. The molecular formula is C15H9BrClN. The van der Waals surface area contributed by atoms with Gasteiger partial charge in [-0.05, 0) is 29.8 Å². The van der Waals surface area contributed by atoms with Gasteiger partial charge in [0.1, 0.15) is 5.15 Å². The summed E-state index contributed by atoms with van der Waals surface area (Å²) in [5.74, 6) is 0. The number of hydrogen-bond acceptors (Lipinski definition) is 1. The van der Waals surface area contributed by atoms with Crippen LogP contribution in [0.5, 0.6) is 0 Å². The number of pyridine rings is 1. The van der Waals surface area contributed by atoms with Gasteiger partial charge in [0, 0.05) is 15.4 Å². The summed E-state index contributed by atoms with van der Waals surface area (Å²) in [5.41, 5.74) is 2.95. The molecule has 88 valence electrons. The molecule has 0 spiro atoms. The lowest BCUT2D eigenvalue weighted by Gasteiger charge is -2.06. The lowest BCUT2D eigenvalue weighted by atomic mass is 10.1. The maximum absolute atomic E-state index is 6.25. The molecule has 3 aromatic rings. The number of rotatable bonds is 1. The molecule has 2 aromatic carbocycles. The molecular weight excluding hydrogens is 310 g/mol. The Morgan fingerprint density at radius 1 is 0.944 bits per heavy atom. The van der Waals surface area contributed by atoms with Crippen LogP contribution in [-0.2, 0) is 0 Å². The summed E-state index contributed by atoms with van der Waals surface area (Å²) in [6.45, 7) is 0. The Morgan fingerprint density at radius 2 is 1.67 bits per heavy atom. The molecule has 3 heteroatoms. The minimum absolute atomic E-state index is 0.538. The van der Waals surface area contributed by atoms with E-state index in [1.807, 2.05) is 48.5 Å². The van der Waals surface area contributed by atoms with Crippen molar-refractivity contribution in [1.82, 2.24) is 4.98 Å². The van der Waals surface area contributed by atoms with E-state index in [1.54, 1.807) is 0 Å². The van der Waals surface area contributed by atoms with Gasteiger partial charge in [0.25, 0.3) is 0 Å². The van der Waals surface area contributed by atoms with Crippen molar-refractivity contribution in [1.29, 1.82) is 0 Å². The Labute approximate surface area is 119 Å². The standard InChI is InChI=1S/C15H9BrClN/c16-12-7-5-10(6-8-12)13-9-11-3-1-2-4-14(11)18-15(13)17/h1-9H. The molecule has 0 atom stereocenters. The van der Waals surface area contributed by atoms with Gasteiger partial charge >= 0.3 is 0 Å². The van der Waals surface area contributed by atoms with E-state index in [2.05, 4.69) is 27.0 Å². The van der Waals surface area contributed by atoms with Crippen LogP contribution in [0.15, 0.2) is 59.1 Å². The zero-order valence-electron chi connectivity index (χ0n) is 9.40. The van der Waals surface area contributed by atoms with Crippen LogP contribution in [0.2, 0.25) is 5.15 Å². The first-order valence-corrected chi connectivity index (χ1v) is 6.72. The molecule has 0 fully saturated rings. The van der Waals surface area contributed by atoms with Crippen LogP contribution >= 0.6 is 27.5 Å². The fourth-order valence-corrected chi connectivity index (χ4v) is 2.44. The molecule has 0 radical (unpaired) electrons. The van der Waals surface area contributed by atoms with Gasteiger partial charge in [-0.1, -0.05) is 57.9 Å². The second-order valence-corrected chi connectivity index (χ2v) is 5.30. The molecule has 0 unspecified atom stereocenters. The third-order valence-electron chi connectivity index (χ3n) is 2.83. The first-order valence-electron chi connectivity index (χ1n) is 5.55.